The van der Waals surface area contributed by atoms with Crippen LogP contribution in [0.2, 0.25) is 0 Å². The first-order valence-electron chi connectivity index (χ1n) is 26.8. The number of nitrogens with zero attached hydrogens (tertiary/aromatic N) is 1. The molecule has 3 aromatic rings. The number of hydrogen-bond acceptors (Lipinski definition) is 16. The van der Waals surface area contributed by atoms with Gasteiger partial charge in [0.25, 0.3) is 0 Å². The fourth-order valence-corrected chi connectivity index (χ4v) is 8.33. The second kappa shape index (κ2) is 34.3. The van der Waals surface area contributed by atoms with Crippen LogP contribution in [-0.2, 0) is 75.2 Å². The highest BCUT2D eigenvalue weighted by molar-refractivity contribution is 5.99. The van der Waals surface area contributed by atoms with E-state index in [0.29, 0.717) is 22.9 Å². The number of hydrogen-bond donors (Lipinski definition) is 17. The molecule has 456 valence electrons. The lowest BCUT2D eigenvalue weighted by molar-refractivity contribution is -0.143. The molecule has 0 radical (unpaired) electrons. The first-order valence-corrected chi connectivity index (χ1v) is 26.8. The van der Waals surface area contributed by atoms with Crippen molar-refractivity contribution in [1.82, 2.24) is 57.5 Å². The molecule has 0 saturated heterocycles. The van der Waals surface area contributed by atoms with Crippen molar-refractivity contribution in [2.45, 2.75) is 165 Å². The zero-order valence-corrected chi connectivity index (χ0v) is 46.2. The SMILES string of the molecule is CC[C@H](C)[C@H](NC(=O)[C@H](CCCCN)NC(=O)[C@H](CCC(N)=O)NC(=O)[C@H](C)NC(=O)[C@@H](N)CCC(=O)O)C(=O)N[C@@H](CCC(=O)O)C(=O)N[C@@H](Cc1c[nH]c2ccccc12)C(=O)N[C@@H](Cc1c[nH]cn1)C(=O)N[C@@H](CCC(=O)O)C(=O)O. The number of aliphatic carboxylic acids is 4. The number of rotatable bonds is 39. The van der Waals surface area contributed by atoms with Crippen LogP contribution < -0.4 is 59.7 Å². The van der Waals surface area contributed by atoms with Gasteiger partial charge in [-0.15, -0.1) is 0 Å². The first-order chi connectivity index (χ1) is 39.2. The van der Waals surface area contributed by atoms with E-state index in [1.807, 2.05) is 0 Å². The molecule has 0 bridgehead atoms. The third-order valence-corrected chi connectivity index (χ3v) is 13.3. The molecule has 83 heavy (non-hydrogen) atoms. The maximum absolute atomic E-state index is 14.5. The number of aromatic amines is 2. The van der Waals surface area contributed by atoms with Gasteiger partial charge in [-0.1, -0.05) is 38.5 Å². The van der Waals surface area contributed by atoms with Crippen LogP contribution in [0.3, 0.4) is 0 Å². The smallest absolute Gasteiger partial charge is 0.326 e. The van der Waals surface area contributed by atoms with Crippen LogP contribution in [0.1, 0.15) is 109 Å². The van der Waals surface area contributed by atoms with Gasteiger partial charge in [0.2, 0.25) is 53.2 Å². The molecule has 0 aliphatic carbocycles. The van der Waals surface area contributed by atoms with Crippen molar-refractivity contribution in [2.75, 3.05) is 6.54 Å². The van der Waals surface area contributed by atoms with Crippen LogP contribution in [0.15, 0.2) is 43.0 Å². The third-order valence-electron chi connectivity index (χ3n) is 13.3. The summed E-state index contributed by atoms with van der Waals surface area (Å²) in [5.41, 5.74) is 18.2. The number of amides is 9. The van der Waals surface area contributed by atoms with E-state index in [1.54, 1.807) is 44.3 Å². The van der Waals surface area contributed by atoms with Gasteiger partial charge in [-0.25, -0.2) is 9.78 Å². The van der Waals surface area contributed by atoms with E-state index in [0.717, 1.165) is 0 Å². The lowest BCUT2D eigenvalue weighted by Crippen LogP contribution is -2.61. The van der Waals surface area contributed by atoms with Gasteiger partial charge in [-0.2, -0.15) is 0 Å². The van der Waals surface area contributed by atoms with Crippen molar-refractivity contribution in [3.63, 3.8) is 0 Å². The van der Waals surface area contributed by atoms with Crippen LogP contribution in [0, 0.1) is 5.92 Å². The number of para-hydroxylation sites is 1. The molecule has 2 heterocycles. The number of benzene rings is 1. The van der Waals surface area contributed by atoms with Gasteiger partial charge in [0.1, 0.15) is 48.3 Å². The lowest BCUT2D eigenvalue weighted by atomic mass is 9.96. The van der Waals surface area contributed by atoms with Crippen molar-refractivity contribution in [1.29, 1.82) is 0 Å². The highest BCUT2D eigenvalue weighted by Crippen LogP contribution is 2.20. The Balaban J connectivity index is 1.97. The Hall–Kier alpha value is -9.00. The predicted octanol–water partition coefficient (Wildman–Crippen LogP) is -2.98. The van der Waals surface area contributed by atoms with E-state index in [1.165, 1.54) is 19.4 Å². The Bertz CT molecular complexity index is 2750. The monoisotopic (exact) mass is 1170 g/mol. The van der Waals surface area contributed by atoms with E-state index >= 15 is 0 Å². The number of carbonyl (C=O) groups is 13. The number of carbonyl (C=O) groups excluding carboxylic acids is 9. The number of imidazole rings is 1. The minimum Gasteiger partial charge on any atom is -0.481 e. The summed E-state index contributed by atoms with van der Waals surface area (Å²) >= 11 is 0. The standard InChI is InChI=1S/C52H76N14O17/c1-4-26(2)43(66-48(78)33(11-7-8-20-53)61-46(76)34(13-16-39(55)67)60-44(74)27(3)59-45(75)31(54)12-17-40(68)69)51(81)62-35(14-18-41(70)71)47(77)64-37(21-28-23-57-32-10-6-5-9-30(28)32)49(79)65-38(22-29-24-56-25-58-29)50(80)63-36(52(82)83)15-19-42(72)73/h5-6,9-10,23-27,31,33-38,43,57H,4,7-8,11-22,53-54H2,1-3H3,(H2,55,67)(H,56,58)(H,59,75)(H,60,74)(H,61,76)(H,62,81)(H,63,80)(H,64,77)(H,65,79)(H,66,78)(H,68,69)(H,70,71)(H,72,73)(H,82,83)/t26-,27-,31-,33-,34-,35-,36-,37-,38-,43-/m0/s1. The van der Waals surface area contributed by atoms with Crippen molar-refractivity contribution in [3.05, 3.63) is 54.2 Å². The zero-order chi connectivity index (χ0) is 61.9. The molecule has 1 aromatic carbocycles. The minimum atomic E-state index is -1.73. The van der Waals surface area contributed by atoms with Crippen molar-refractivity contribution in [3.8, 4) is 0 Å². The van der Waals surface area contributed by atoms with Crippen LogP contribution in [0.5, 0.6) is 0 Å². The quantitative estimate of drug-likeness (QED) is 0.0254. The number of unbranched alkanes of at least 4 members (excludes halogenated alkanes) is 1. The molecule has 10 atom stereocenters. The predicted molar refractivity (Wildman–Crippen MR) is 292 cm³/mol. The zero-order valence-electron chi connectivity index (χ0n) is 46.2. The van der Waals surface area contributed by atoms with E-state index in [-0.39, 0.29) is 57.2 Å². The summed E-state index contributed by atoms with van der Waals surface area (Å²) in [6.45, 7) is 4.68. The molecule has 0 spiro atoms. The Labute approximate surface area is 475 Å². The molecule has 31 heteroatoms. The van der Waals surface area contributed by atoms with Gasteiger partial charge in [0.15, 0.2) is 0 Å². The van der Waals surface area contributed by atoms with Gasteiger partial charge >= 0.3 is 23.9 Å². The molecule has 20 N–H and O–H groups in total. The lowest BCUT2D eigenvalue weighted by Gasteiger charge is -2.30. The summed E-state index contributed by atoms with van der Waals surface area (Å²) in [5.74, 6) is -14.9. The molecule has 0 fully saturated rings. The average molecular weight is 1170 g/mol. The summed E-state index contributed by atoms with van der Waals surface area (Å²) in [5, 5.41) is 58.1. The van der Waals surface area contributed by atoms with Gasteiger partial charge in [-0.3, -0.25) is 57.5 Å². The Morgan fingerprint density at radius 2 is 1.05 bits per heavy atom. The normalized spacial score (nSPS) is 14.7. The molecule has 3 rings (SSSR count). The maximum Gasteiger partial charge on any atom is 0.326 e. The molecular weight excluding hydrogens is 1090 g/mol. The van der Waals surface area contributed by atoms with Crippen molar-refractivity contribution in [2.24, 2.45) is 23.1 Å². The van der Waals surface area contributed by atoms with Crippen LogP contribution in [-0.4, -0.2) is 173 Å². The molecule has 2 aromatic heterocycles. The topological polar surface area (TPSA) is 522 Å². The third kappa shape index (κ3) is 23.6. The highest BCUT2D eigenvalue weighted by Gasteiger charge is 2.37. The van der Waals surface area contributed by atoms with Gasteiger partial charge < -0.3 is 90.1 Å². The number of carboxylic acid groups (broad SMARTS) is 4. The summed E-state index contributed by atoms with van der Waals surface area (Å²) in [4.78, 5) is 180. The Morgan fingerprint density at radius 1 is 0.554 bits per heavy atom. The number of fused-ring (bicyclic) bond motifs is 1. The van der Waals surface area contributed by atoms with Gasteiger partial charge in [0, 0.05) is 61.8 Å². The second-order valence-corrected chi connectivity index (χ2v) is 19.8. The number of H-pyrrole nitrogens is 2. The summed E-state index contributed by atoms with van der Waals surface area (Å²) in [6, 6.07) is -6.81. The molecule has 31 nitrogen and oxygen atoms in total. The fourth-order valence-electron chi connectivity index (χ4n) is 8.33. The Kier molecular flexibility index (Phi) is 28.2. The van der Waals surface area contributed by atoms with Gasteiger partial charge in [0.05, 0.1) is 18.1 Å². The van der Waals surface area contributed by atoms with Gasteiger partial charge in [-0.05, 0) is 76.0 Å². The number of nitrogens with one attached hydrogen (secondary N) is 10. The first kappa shape index (κ1) is 68.3. The van der Waals surface area contributed by atoms with E-state index in [2.05, 4.69) is 57.5 Å². The van der Waals surface area contributed by atoms with Crippen molar-refractivity contribution >= 4 is 87.9 Å². The van der Waals surface area contributed by atoms with E-state index < -0.39 is 176 Å². The van der Waals surface area contributed by atoms with Crippen LogP contribution in [0.4, 0.5) is 0 Å². The van der Waals surface area contributed by atoms with E-state index in [9.17, 15) is 77.6 Å². The Morgan fingerprint density at radius 3 is 1.60 bits per heavy atom. The molecule has 0 aliphatic heterocycles. The van der Waals surface area contributed by atoms with Crippen LogP contribution in [0.25, 0.3) is 10.9 Å². The molecule has 0 unspecified atom stereocenters. The average Bonchev–Trinajstić information content (AvgIpc) is 4.11. The number of aromatic nitrogens is 3. The highest BCUT2D eigenvalue weighted by atomic mass is 16.4. The fraction of sp³-hybridized carbons (Fsp3) is 0.538. The van der Waals surface area contributed by atoms with E-state index in [4.69, 9.17) is 22.3 Å². The summed E-state index contributed by atoms with van der Waals surface area (Å²) < 4.78 is 0. The minimum absolute atomic E-state index is 0.0839. The van der Waals surface area contributed by atoms with Crippen molar-refractivity contribution < 1.29 is 82.8 Å². The largest absolute Gasteiger partial charge is 0.481 e. The summed E-state index contributed by atoms with van der Waals surface area (Å²) in [7, 11) is 0. The summed E-state index contributed by atoms with van der Waals surface area (Å²) in [6.07, 6.45) is 0.459. The molecule has 0 aliphatic rings. The molecule has 9 amide bonds. The number of nitrogens with two attached hydrogens (primary N) is 3. The second-order valence-electron chi connectivity index (χ2n) is 19.8. The molecular formula is C52H76N14O17. The van der Waals surface area contributed by atoms with Crippen LogP contribution >= 0.6 is 0 Å². The maximum atomic E-state index is 14.5. The number of carboxylic acids is 4. The number of primary amides is 1. The molecule has 0 saturated carbocycles.